The highest BCUT2D eigenvalue weighted by atomic mass is 16.5. The van der Waals surface area contributed by atoms with Crippen molar-refractivity contribution < 1.29 is 6.11 Å². The first-order chi connectivity index (χ1) is 20.9. The van der Waals surface area contributed by atoms with Crippen LogP contribution in [-0.4, -0.2) is 19.3 Å². The molecule has 0 aliphatic carbocycles. The van der Waals surface area contributed by atoms with Gasteiger partial charge in [0.05, 0.1) is 23.8 Å². The third-order valence-corrected chi connectivity index (χ3v) is 7.91. The molecule has 42 heavy (non-hydrogen) atoms. The van der Waals surface area contributed by atoms with Crippen LogP contribution in [0.2, 0.25) is 0 Å². The van der Waals surface area contributed by atoms with E-state index in [1.807, 2.05) is 47.3 Å². The molecule has 206 valence electrons. The van der Waals surface area contributed by atoms with E-state index in [0.717, 1.165) is 79.3 Å². The van der Waals surface area contributed by atoms with E-state index in [2.05, 4.69) is 92.9 Å². The summed E-state index contributed by atoms with van der Waals surface area (Å²) in [7, 11) is 0. The predicted molar refractivity (Wildman–Crippen MR) is 171 cm³/mol. The quantitative estimate of drug-likeness (QED) is 0.208. The lowest BCUT2D eigenvalue weighted by Crippen LogP contribution is -2.01. The number of benzene rings is 4. The summed E-state index contributed by atoms with van der Waals surface area (Å²) in [4.78, 5) is 4.69. The Morgan fingerprint density at radius 3 is 2.43 bits per heavy atom. The van der Waals surface area contributed by atoms with Crippen molar-refractivity contribution in [3.05, 3.63) is 132 Å². The first-order valence-corrected chi connectivity index (χ1v) is 14.3. The Morgan fingerprint density at radius 1 is 0.786 bits per heavy atom. The van der Waals surface area contributed by atoms with Gasteiger partial charge in [-0.15, -0.1) is 0 Å². The minimum absolute atomic E-state index is 0.479. The summed E-state index contributed by atoms with van der Waals surface area (Å²) < 4.78 is 19.0. The third kappa shape index (κ3) is 4.44. The Labute approximate surface area is 247 Å². The molecule has 0 N–H and O–H groups in total. The predicted octanol–water partition coefficient (Wildman–Crippen LogP) is 9.31. The number of fused-ring (bicyclic) bond motifs is 3. The molecule has 3 aromatic heterocycles. The highest BCUT2D eigenvalue weighted by molar-refractivity contribution is 6.09. The van der Waals surface area contributed by atoms with Crippen molar-refractivity contribution in [3.63, 3.8) is 0 Å². The lowest BCUT2D eigenvalue weighted by molar-refractivity contribution is 0.482. The molecular weight excluding hydrogens is 516 g/mol. The highest BCUT2D eigenvalue weighted by Crippen LogP contribution is 2.36. The van der Waals surface area contributed by atoms with Crippen molar-refractivity contribution in [3.8, 4) is 34.1 Å². The van der Waals surface area contributed by atoms with Gasteiger partial charge in [-0.3, -0.25) is 4.57 Å². The second-order valence-electron chi connectivity index (χ2n) is 10.8. The van der Waals surface area contributed by atoms with Crippen LogP contribution in [-0.2, 0) is 6.42 Å². The summed E-state index contributed by atoms with van der Waals surface area (Å²) in [5, 5.41) is 7.01. The Balaban J connectivity index is 1.33. The van der Waals surface area contributed by atoms with E-state index >= 15 is 0 Å². The van der Waals surface area contributed by atoms with Crippen LogP contribution < -0.4 is 4.74 Å². The lowest BCUT2D eigenvalue weighted by Gasteiger charge is -2.13. The molecule has 0 saturated heterocycles. The van der Waals surface area contributed by atoms with E-state index in [4.69, 9.17) is 16.2 Å². The van der Waals surface area contributed by atoms with Gasteiger partial charge in [-0.25, -0.2) is 9.67 Å². The van der Waals surface area contributed by atoms with Gasteiger partial charge in [0.1, 0.15) is 17.3 Å². The van der Waals surface area contributed by atoms with E-state index in [1.165, 1.54) is 5.56 Å². The van der Waals surface area contributed by atoms with E-state index in [0.29, 0.717) is 6.04 Å². The van der Waals surface area contributed by atoms with Crippen LogP contribution in [0.15, 0.2) is 109 Å². The van der Waals surface area contributed by atoms with Gasteiger partial charge in [-0.05, 0) is 86.3 Å². The summed E-state index contributed by atoms with van der Waals surface area (Å²) >= 11 is 0. The van der Waals surface area contributed by atoms with E-state index in [9.17, 15) is 0 Å². The fourth-order valence-electron chi connectivity index (χ4n) is 5.92. The number of ether oxygens (including phenoxy) is 1. The Hall–Kier alpha value is -5.16. The van der Waals surface area contributed by atoms with Gasteiger partial charge in [0.15, 0.2) is 0 Å². The molecule has 0 spiro atoms. The molecule has 0 amide bonds. The molecule has 7 aromatic rings. The van der Waals surface area contributed by atoms with Gasteiger partial charge in [-0.1, -0.05) is 55.4 Å². The molecule has 0 aliphatic heterocycles. The van der Waals surface area contributed by atoms with Gasteiger partial charge in [0.2, 0.25) is 0 Å². The number of para-hydroxylation sites is 1. The number of nitrogens with zero attached hydrogens (tertiary/aromatic N) is 4. The maximum Gasteiger partial charge on any atom is 0.137 e. The summed E-state index contributed by atoms with van der Waals surface area (Å²) in [5.41, 5.74) is 9.67. The number of aryl methyl sites for hydroxylation is 3. The van der Waals surface area contributed by atoms with Gasteiger partial charge >= 0.3 is 0 Å². The molecule has 0 atom stereocenters. The lowest BCUT2D eigenvalue weighted by atomic mass is 10.0. The monoisotopic (exact) mass is 549 g/mol. The van der Waals surface area contributed by atoms with Crippen LogP contribution in [0.3, 0.4) is 0 Å². The fourth-order valence-corrected chi connectivity index (χ4v) is 5.92. The topological polar surface area (TPSA) is 44.9 Å². The second-order valence-corrected chi connectivity index (χ2v) is 10.8. The van der Waals surface area contributed by atoms with Crippen molar-refractivity contribution in [2.24, 2.45) is 0 Å². The largest absolute Gasteiger partial charge is 0.457 e. The van der Waals surface area contributed by atoms with Crippen molar-refractivity contribution in [1.82, 2.24) is 19.3 Å². The molecule has 0 bridgehead atoms. The maximum absolute atomic E-state index is 8.24. The second kappa shape index (κ2) is 10.3. The van der Waals surface area contributed by atoms with Gasteiger partial charge in [-0.2, -0.15) is 5.10 Å². The van der Waals surface area contributed by atoms with Crippen LogP contribution in [0.25, 0.3) is 44.4 Å². The molecule has 7 rings (SSSR count). The van der Waals surface area contributed by atoms with Crippen molar-refractivity contribution >= 4 is 21.8 Å². The normalized spacial score (nSPS) is 11.8. The molecule has 0 saturated carbocycles. The van der Waals surface area contributed by atoms with Gasteiger partial charge in [0, 0.05) is 40.4 Å². The zero-order chi connectivity index (χ0) is 29.7. The minimum atomic E-state index is 0.479. The number of aromatic nitrogens is 4. The highest BCUT2D eigenvalue weighted by Gasteiger charge is 2.17. The molecule has 4 aromatic carbocycles. The van der Waals surface area contributed by atoms with Gasteiger partial charge in [0.25, 0.3) is 0 Å². The maximum atomic E-state index is 8.24. The van der Waals surface area contributed by atoms with Gasteiger partial charge < -0.3 is 4.74 Å². The first-order valence-electron chi connectivity index (χ1n) is 14.8. The first kappa shape index (κ1) is 24.6. The van der Waals surface area contributed by atoms with Crippen LogP contribution in [0, 0.1) is 20.8 Å². The fraction of sp³-hybridized carbons (Fsp3) is 0.135. The molecular formula is C37H32N4O. The molecule has 5 heteroatoms. The standard InChI is InChI=1S/C37H32N4O/c1-5-27-20-29(41-26(4)37(25(3)39-41)28-11-7-6-8-12-28)22-31(21-27)42-30-15-16-33-32-13-9-10-14-34(32)40(35(33)23-30)36-19-24(2)17-18-38-36/h6-23H,5H2,1-4H3/i9D. The average Bonchev–Trinajstić information content (AvgIpc) is 3.49. The zero-order valence-electron chi connectivity index (χ0n) is 25.2. The van der Waals surface area contributed by atoms with Crippen LogP contribution in [0.1, 0.15) is 30.8 Å². The number of pyridine rings is 1. The Bertz CT molecular complexity index is 2140. The van der Waals surface area contributed by atoms with E-state index in [1.54, 1.807) is 0 Å². The summed E-state index contributed by atoms with van der Waals surface area (Å²) in [6.45, 7) is 8.41. The van der Waals surface area contributed by atoms with Crippen molar-refractivity contribution in [2.45, 2.75) is 34.1 Å². The number of rotatable bonds is 6. The van der Waals surface area contributed by atoms with Crippen LogP contribution in [0.5, 0.6) is 11.5 Å². The van der Waals surface area contributed by atoms with Crippen LogP contribution in [0.4, 0.5) is 0 Å². The molecule has 3 heterocycles. The van der Waals surface area contributed by atoms with Crippen LogP contribution >= 0.6 is 0 Å². The zero-order valence-corrected chi connectivity index (χ0v) is 24.2. The summed E-state index contributed by atoms with van der Waals surface area (Å²) in [5.74, 6) is 2.32. The van der Waals surface area contributed by atoms with Crippen molar-refractivity contribution in [2.75, 3.05) is 0 Å². The molecule has 0 fully saturated rings. The molecule has 5 nitrogen and oxygen atoms in total. The summed E-state index contributed by atoms with van der Waals surface area (Å²) in [6.07, 6.45) is 2.71. The summed E-state index contributed by atoms with van der Waals surface area (Å²) in [6, 6.07) is 33.2. The third-order valence-electron chi connectivity index (χ3n) is 7.91. The smallest absolute Gasteiger partial charge is 0.137 e. The SMILES string of the molecule is [2H]c1ccc2c(c1)c1ccc(Oc3cc(CC)cc(-n4nc(C)c(-c5ccccc5)c4C)c3)cc1n2-c1cc(C)ccn1. The van der Waals surface area contributed by atoms with Crippen molar-refractivity contribution in [1.29, 1.82) is 0 Å². The average molecular weight is 550 g/mol. The molecule has 0 aliphatic rings. The number of hydrogen-bond donors (Lipinski definition) is 0. The minimum Gasteiger partial charge on any atom is -0.457 e. The van der Waals surface area contributed by atoms with E-state index < -0.39 is 0 Å². The van der Waals surface area contributed by atoms with E-state index in [-0.39, 0.29) is 0 Å². The Kier molecular flexibility index (Phi) is 6.07. The molecule has 0 unspecified atom stereocenters. The Morgan fingerprint density at radius 2 is 1.62 bits per heavy atom. The molecule has 0 radical (unpaired) electrons. The number of hydrogen-bond acceptors (Lipinski definition) is 3.